The molecule has 2 fully saturated rings. The highest BCUT2D eigenvalue weighted by molar-refractivity contribution is 6.30. The summed E-state index contributed by atoms with van der Waals surface area (Å²) in [4.78, 5) is 12.0. The minimum atomic E-state index is 0. The van der Waals surface area contributed by atoms with Gasteiger partial charge in [-0.25, -0.2) is 0 Å². The zero-order valence-electron chi connectivity index (χ0n) is 13.1. The summed E-state index contributed by atoms with van der Waals surface area (Å²) in [7, 11) is 0. The van der Waals surface area contributed by atoms with Crippen LogP contribution in [0.5, 0.6) is 5.75 Å². The largest absolute Gasteiger partial charge is 0.492 e. The Morgan fingerprint density at radius 3 is 2.52 bits per heavy atom. The van der Waals surface area contributed by atoms with Crippen LogP contribution >= 0.6 is 24.0 Å². The zero-order chi connectivity index (χ0) is 15.4. The van der Waals surface area contributed by atoms with Gasteiger partial charge >= 0.3 is 0 Å². The van der Waals surface area contributed by atoms with Gasteiger partial charge in [0.25, 0.3) is 0 Å². The lowest BCUT2D eigenvalue weighted by Crippen LogP contribution is -2.40. The normalized spacial score (nSPS) is 25.5. The number of halogens is 2. The van der Waals surface area contributed by atoms with Crippen molar-refractivity contribution in [2.75, 3.05) is 13.2 Å². The van der Waals surface area contributed by atoms with E-state index in [1.165, 1.54) is 12.8 Å². The van der Waals surface area contributed by atoms with Gasteiger partial charge in [0.1, 0.15) is 12.4 Å². The number of rotatable bonds is 6. The molecule has 1 aromatic rings. The Balaban J connectivity index is 0.00000192. The molecule has 0 aromatic heterocycles. The third-order valence-corrected chi connectivity index (χ3v) is 4.80. The van der Waals surface area contributed by atoms with Crippen LogP contribution in [-0.2, 0) is 4.79 Å². The number of hydrogen-bond donors (Lipinski definition) is 2. The minimum absolute atomic E-state index is 0. The molecule has 0 aliphatic carbocycles. The molecule has 1 aromatic carbocycles. The van der Waals surface area contributed by atoms with Crippen molar-refractivity contribution in [1.29, 1.82) is 0 Å². The van der Waals surface area contributed by atoms with Crippen LogP contribution < -0.4 is 15.4 Å². The fourth-order valence-corrected chi connectivity index (χ4v) is 3.69. The van der Waals surface area contributed by atoms with E-state index in [0.29, 0.717) is 42.6 Å². The first kappa shape index (κ1) is 18.4. The van der Waals surface area contributed by atoms with Crippen molar-refractivity contribution in [3.8, 4) is 5.75 Å². The molecule has 23 heavy (non-hydrogen) atoms. The van der Waals surface area contributed by atoms with E-state index in [0.717, 1.165) is 18.6 Å². The first-order valence-electron chi connectivity index (χ1n) is 8.10. The molecule has 2 heterocycles. The predicted molar refractivity (Wildman–Crippen MR) is 94.5 cm³/mol. The van der Waals surface area contributed by atoms with Crippen LogP contribution in [0.25, 0.3) is 0 Å². The number of nitrogens with one attached hydrogen (secondary N) is 2. The Hall–Kier alpha value is -0.970. The van der Waals surface area contributed by atoms with Crippen molar-refractivity contribution >= 4 is 29.9 Å². The molecule has 128 valence electrons. The third kappa shape index (κ3) is 5.55. The highest BCUT2D eigenvalue weighted by Crippen LogP contribution is 2.32. The molecular formula is C17H24Cl2N2O2. The molecular weight excluding hydrogens is 335 g/mol. The second kappa shape index (κ2) is 8.76. The SMILES string of the molecule is Cl.O=C(CC1CC2CCC(C1)N2)NCCOc1ccc(Cl)cc1. The van der Waals surface area contributed by atoms with E-state index in [-0.39, 0.29) is 18.3 Å². The Morgan fingerprint density at radius 1 is 1.22 bits per heavy atom. The average molecular weight is 359 g/mol. The van der Waals surface area contributed by atoms with Gasteiger partial charge < -0.3 is 15.4 Å². The highest BCUT2D eigenvalue weighted by atomic mass is 35.5. The Morgan fingerprint density at radius 2 is 1.87 bits per heavy atom. The van der Waals surface area contributed by atoms with E-state index in [4.69, 9.17) is 16.3 Å². The maximum Gasteiger partial charge on any atom is 0.220 e. The fourth-order valence-electron chi connectivity index (χ4n) is 3.57. The molecule has 2 unspecified atom stereocenters. The predicted octanol–water partition coefficient (Wildman–Crippen LogP) is 3.18. The van der Waals surface area contributed by atoms with Crippen LogP contribution in [0.2, 0.25) is 5.02 Å². The molecule has 2 aliphatic heterocycles. The van der Waals surface area contributed by atoms with Crippen molar-refractivity contribution in [3.05, 3.63) is 29.3 Å². The lowest BCUT2D eigenvalue weighted by molar-refractivity contribution is -0.122. The topological polar surface area (TPSA) is 50.4 Å². The highest BCUT2D eigenvalue weighted by Gasteiger charge is 2.33. The van der Waals surface area contributed by atoms with E-state index < -0.39 is 0 Å². The summed E-state index contributed by atoms with van der Waals surface area (Å²) < 4.78 is 5.56. The summed E-state index contributed by atoms with van der Waals surface area (Å²) >= 11 is 5.82. The van der Waals surface area contributed by atoms with E-state index in [1.807, 2.05) is 12.1 Å². The number of amides is 1. The molecule has 1 amide bonds. The third-order valence-electron chi connectivity index (χ3n) is 4.55. The maximum absolute atomic E-state index is 12.0. The van der Waals surface area contributed by atoms with Crippen molar-refractivity contribution in [3.63, 3.8) is 0 Å². The Labute approximate surface area is 148 Å². The number of piperidine rings is 1. The van der Waals surface area contributed by atoms with Crippen LogP contribution in [0.3, 0.4) is 0 Å². The van der Waals surface area contributed by atoms with Gasteiger partial charge in [-0.05, 0) is 55.9 Å². The zero-order valence-corrected chi connectivity index (χ0v) is 14.7. The van der Waals surface area contributed by atoms with Gasteiger partial charge in [-0.1, -0.05) is 11.6 Å². The standard InChI is InChI=1S/C17H23ClN2O2.ClH/c18-13-1-5-16(6-2-13)22-8-7-19-17(21)11-12-9-14-3-4-15(10-12)20-14;/h1-2,5-6,12,14-15,20H,3-4,7-11H2,(H,19,21);1H. The van der Waals surface area contributed by atoms with Gasteiger partial charge in [-0.15, -0.1) is 12.4 Å². The number of ether oxygens (including phenoxy) is 1. The summed E-state index contributed by atoms with van der Waals surface area (Å²) in [5.41, 5.74) is 0. The van der Waals surface area contributed by atoms with Gasteiger partial charge in [0.15, 0.2) is 0 Å². The fraction of sp³-hybridized carbons (Fsp3) is 0.588. The molecule has 0 saturated carbocycles. The molecule has 3 rings (SSSR count). The summed E-state index contributed by atoms with van der Waals surface area (Å²) in [6, 6.07) is 8.53. The molecule has 2 bridgehead atoms. The molecule has 6 heteroatoms. The summed E-state index contributed by atoms with van der Waals surface area (Å²) in [6.45, 7) is 1.02. The number of benzene rings is 1. The molecule has 0 radical (unpaired) electrons. The summed E-state index contributed by atoms with van der Waals surface area (Å²) in [6.07, 6.45) is 5.49. The lowest BCUT2D eigenvalue weighted by Gasteiger charge is -2.28. The number of carbonyl (C=O) groups is 1. The van der Waals surface area contributed by atoms with Crippen molar-refractivity contribution in [2.45, 2.75) is 44.2 Å². The molecule has 0 spiro atoms. The smallest absolute Gasteiger partial charge is 0.220 e. The first-order chi connectivity index (χ1) is 10.7. The maximum atomic E-state index is 12.0. The van der Waals surface area contributed by atoms with Crippen molar-refractivity contribution in [1.82, 2.24) is 10.6 Å². The van der Waals surface area contributed by atoms with Crippen LogP contribution in [0.4, 0.5) is 0 Å². The van der Waals surface area contributed by atoms with Crippen LogP contribution in [0.15, 0.2) is 24.3 Å². The second-order valence-corrected chi connectivity index (χ2v) is 6.77. The molecule has 2 saturated heterocycles. The summed E-state index contributed by atoms with van der Waals surface area (Å²) in [5.74, 6) is 1.45. The second-order valence-electron chi connectivity index (χ2n) is 6.33. The van der Waals surface area contributed by atoms with Gasteiger partial charge in [0.05, 0.1) is 6.54 Å². The monoisotopic (exact) mass is 358 g/mol. The minimum Gasteiger partial charge on any atom is -0.492 e. The van der Waals surface area contributed by atoms with E-state index in [2.05, 4.69) is 10.6 Å². The molecule has 2 aliphatic rings. The van der Waals surface area contributed by atoms with Crippen LogP contribution in [0.1, 0.15) is 32.1 Å². The first-order valence-corrected chi connectivity index (χ1v) is 8.48. The van der Waals surface area contributed by atoms with Gasteiger partial charge in [-0.3, -0.25) is 4.79 Å². The molecule has 4 nitrogen and oxygen atoms in total. The number of fused-ring (bicyclic) bond motifs is 2. The number of carbonyl (C=O) groups excluding carboxylic acids is 1. The van der Waals surface area contributed by atoms with Crippen molar-refractivity contribution < 1.29 is 9.53 Å². The average Bonchev–Trinajstić information content (AvgIpc) is 2.84. The lowest BCUT2D eigenvalue weighted by atomic mass is 9.89. The Bertz CT molecular complexity index is 498. The summed E-state index contributed by atoms with van der Waals surface area (Å²) in [5, 5.41) is 7.25. The van der Waals surface area contributed by atoms with E-state index >= 15 is 0 Å². The van der Waals surface area contributed by atoms with Crippen LogP contribution in [0, 0.1) is 5.92 Å². The quantitative estimate of drug-likeness (QED) is 0.767. The molecule has 2 atom stereocenters. The van der Waals surface area contributed by atoms with E-state index in [1.54, 1.807) is 12.1 Å². The van der Waals surface area contributed by atoms with Gasteiger partial charge in [-0.2, -0.15) is 0 Å². The van der Waals surface area contributed by atoms with Crippen molar-refractivity contribution in [2.24, 2.45) is 5.92 Å². The molecule has 2 N–H and O–H groups in total. The van der Waals surface area contributed by atoms with Gasteiger partial charge in [0.2, 0.25) is 5.91 Å². The Kier molecular flexibility index (Phi) is 7.00. The van der Waals surface area contributed by atoms with E-state index in [9.17, 15) is 4.79 Å². The van der Waals surface area contributed by atoms with Gasteiger partial charge in [0, 0.05) is 23.5 Å². The van der Waals surface area contributed by atoms with Crippen LogP contribution in [-0.4, -0.2) is 31.1 Å². The number of hydrogen-bond acceptors (Lipinski definition) is 3.